The van der Waals surface area contributed by atoms with Gasteiger partial charge >= 0.3 is 0 Å². The van der Waals surface area contributed by atoms with Gasteiger partial charge in [-0.1, -0.05) is 32.0 Å². The molecule has 0 spiro atoms. The molecule has 0 saturated carbocycles. The maximum atomic E-state index is 9.24. The molecule has 2 nitrogen and oxygen atoms in total. The highest BCUT2D eigenvalue weighted by Gasteiger charge is 2.05. The summed E-state index contributed by atoms with van der Waals surface area (Å²) in [5.41, 5.74) is 4.00. The normalized spacial score (nSPS) is 12.5. The number of hydrogen-bond acceptors (Lipinski definition) is 2. The van der Waals surface area contributed by atoms with Gasteiger partial charge in [0.1, 0.15) is 0 Å². The predicted octanol–water partition coefficient (Wildman–Crippen LogP) is 2.99. The Morgan fingerprint density at radius 3 is 2.19 bits per heavy atom. The molecule has 0 amide bonds. The highest BCUT2D eigenvalue weighted by molar-refractivity contribution is 5.57. The molecule has 0 aromatic heterocycles. The van der Waals surface area contributed by atoms with E-state index >= 15 is 0 Å². The standard InChI is InChI=1S/C14H23NO/c1-4-12-7-6-8-13(5-2)14(12)15-10-9-11(3)16/h6-8,11,15-16H,4-5,9-10H2,1-3H3. The van der Waals surface area contributed by atoms with Crippen LogP contribution in [-0.4, -0.2) is 17.8 Å². The van der Waals surface area contributed by atoms with E-state index in [4.69, 9.17) is 0 Å². The maximum Gasteiger partial charge on any atom is 0.0528 e. The Balaban J connectivity index is 2.74. The second-order valence-corrected chi connectivity index (χ2v) is 4.22. The molecule has 1 aromatic rings. The Hall–Kier alpha value is -1.02. The number of aliphatic hydroxyl groups excluding tert-OH is 1. The molecule has 1 rings (SSSR count). The van der Waals surface area contributed by atoms with Crippen LogP contribution in [0.25, 0.3) is 0 Å². The van der Waals surface area contributed by atoms with Crippen LogP contribution >= 0.6 is 0 Å². The third-order valence-corrected chi connectivity index (χ3v) is 2.86. The van der Waals surface area contributed by atoms with Crippen molar-refractivity contribution in [1.82, 2.24) is 0 Å². The second kappa shape index (κ2) is 6.54. The van der Waals surface area contributed by atoms with Crippen LogP contribution in [0.15, 0.2) is 18.2 Å². The summed E-state index contributed by atoms with van der Waals surface area (Å²) in [7, 11) is 0. The SMILES string of the molecule is CCc1cccc(CC)c1NCCC(C)O. The quantitative estimate of drug-likeness (QED) is 0.774. The minimum atomic E-state index is -0.230. The molecule has 1 unspecified atom stereocenters. The molecule has 1 aromatic carbocycles. The molecule has 90 valence electrons. The minimum absolute atomic E-state index is 0.230. The van der Waals surface area contributed by atoms with E-state index in [2.05, 4.69) is 37.4 Å². The van der Waals surface area contributed by atoms with E-state index < -0.39 is 0 Å². The summed E-state index contributed by atoms with van der Waals surface area (Å²) in [6, 6.07) is 6.46. The number of anilines is 1. The Morgan fingerprint density at radius 1 is 1.19 bits per heavy atom. The van der Waals surface area contributed by atoms with Gasteiger partial charge in [-0.05, 0) is 37.3 Å². The summed E-state index contributed by atoms with van der Waals surface area (Å²) in [6.45, 7) is 7.01. The molecular formula is C14H23NO. The van der Waals surface area contributed by atoms with Gasteiger partial charge < -0.3 is 10.4 Å². The van der Waals surface area contributed by atoms with Crippen LogP contribution in [-0.2, 0) is 12.8 Å². The molecule has 2 N–H and O–H groups in total. The number of aliphatic hydroxyl groups is 1. The maximum absolute atomic E-state index is 9.24. The Morgan fingerprint density at radius 2 is 1.75 bits per heavy atom. The third kappa shape index (κ3) is 3.53. The first kappa shape index (κ1) is 13.0. The summed E-state index contributed by atoms with van der Waals surface area (Å²) >= 11 is 0. The first-order chi connectivity index (χ1) is 7.69. The van der Waals surface area contributed by atoms with Crippen molar-refractivity contribution >= 4 is 5.69 Å². The largest absolute Gasteiger partial charge is 0.393 e. The Labute approximate surface area is 98.7 Å². The van der Waals surface area contributed by atoms with Gasteiger partial charge in [0.15, 0.2) is 0 Å². The average molecular weight is 221 g/mol. The van der Waals surface area contributed by atoms with Crippen molar-refractivity contribution in [2.75, 3.05) is 11.9 Å². The van der Waals surface area contributed by atoms with Gasteiger partial charge in [0.25, 0.3) is 0 Å². The van der Waals surface area contributed by atoms with Crippen molar-refractivity contribution in [3.05, 3.63) is 29.3 Å². The number of rotatable bonds is 6. The zero-order chi connectivity index (χ0) is 12.0. The van der Waals surface area contributed by atoms with Crippen LogP contribution in [0.3, 0.4) is 0 Å². The number of para-hydroxylation sites is 1. The monoisotopic (exact) mass is 221 g/mol. The van der Waals surface area contributed by atoms with Gasteiger partial charge in [-0.3, -0.25) is 0 Å². The summed E-state index contributed by atoms with van der Waals surface area (Å²) in [4.78, 5) is 0. The minimum Gasteiger partial charge on any atom is -0.393 e. The van der Waals surface area contributed by atoms with Crippen molar-refractivity contribution in [3.8, 4) is 0 Å². The number of hydrogen-bond donors (Lipinski definition) is 2. The Bertz CT molecular complexity index is 298. The van der Waals surface area contributed by atoms with Crippen molar-refractivity contribution in [1.29, 1.82) is 0 Å². The molecule has 0 aliphatic heterocycles. The average Bonchev–Trinajstić information content (AvgIpc) is 2.28. The van der Waals surface area contributed by atoms with E-state index in [0.717, 1.165) is 25.8 Å². The number of nitrogens with one attached hydrogen (secondary N) is 1. The van der Waals surface area contributed by atoms with Gasteiger partial charge in [0.2, 0.25) is 0 Å². The van der Waals surface area contributed by atoms with E-state index in [1.165, 1.54) is 16.8 Å². The number of aryl methyl sites for hydroxylation is 2. The van der Waals surface area contributed by atoms with Crippen LogP contribution in [0.4, 0.5) is 5.69 Å². The van der Waals surface area contributed by atoms with Crippen LogP contribution < -0.4 is 5.32 Å². The van der Waals surface area contributed by atoms with Crippen molar-refractivity contribution < 1.29 is 5.11 Å². The van der Waals surface area contributed by atoms with E-state index in [1.807, 2.05) is 6.92 Å². The van der Waals surface area contributed by atoms with Gasteiger partial charge in [-0.2, -0.15) is 0 Å². The molecule has 0 heterocycles. The molecule has 0 bridgehead atoms. The molecule has 2 heteroatoms. The lowest BCUT2D eigenvalue weighted by Gasteiger charge is -2.15. The van der Waals surface area contributed by atoms with Crippen LogP contribution in [0.5, 0.6) is 0 Å². The fourth-order valence-electron chi connectivity index (χ4n) is 1.88. The highest BCUT2D eigenvalue weighted by Crippen LogP contribution is 2.22. The molecule has 0 fully saturated rings. The zero-order valence-corrected chi connectivity index (χ0v) is 10.6. The van der Waals surface area contributed by atoms with Crippen molar-refractivity contribution in [2.24, 2.45) is 0 Å². The summed E-state index contributed by atoms with van der Waals surface area (Å²) < 4.78 is 0. The van der Waals surface area contributed by atoms with E-state index in [1.54, 1.807) is 0 Å². The first-order valence-electron chi connectivity index (χ1n) is 6.21. The third-order valence-electron chi connectivity index (χ3n) is 2.86. The highest BCUT2D eigenvalue weighted by atomic mass is 16.3. The van der Waals surface area contributed by atoms with E-state index in [9.17, 15) is 5.11 Å². The fourth-order valence-corrected chi connectivity index (χ4v) is 1.88. The molecular weight excluding hydrogens is 198 g/mol. The van der Waals surface area contributed by atoms with E-state index in [0.29, 0.717) is 0 Å². The van der Waals surface area contributed by atoms with Crippen LogP contribution in [0.2, 0.25) is 0 Å². The lowest BCUT2D eigenvalue weighted by molar-refractivity contribution is 0.188. The molecule has 0 radical (unpaired) electrons. The van der Waals surface area contributed by atoms with Crippen molar-refractivity contribution in [2.45, 2.75) is 46.1 Å². The second-order valence-electron chi connectivity index (χ2n) is 4.22. The molecule has 1 atom stereocenters. The van der Waals surface area contributed by atoms with Crippen LogP contribution in [0, 0.1) is 0 Å². The summed E-state index contributed by atoms with van der Waals surface area (Å²) in [5, 5.41) is 12.7. The molecule has 0 aliphatic carbocycles. The predicted molar refractivity (Wildman–Crippen MR) is 70.0 cm³/mol. The van der Waals surface area contributed by atoms with Gasteiger partial charge in [0, 0.05) is 12.2 Å². The zero-order valence-electron chi connectivity index (χ0n) is 10.6. The first-order valence-corrected chi connectivity index (χ1v) is 6.21. The van der Waals surface area contributed by atoms with Gasteiger partial charge in [-0.25, -0.2) is 0 Å². The lowest BCUT2D eigenvalue weighted by atomic mass is 10.0. The number of benzene rings is 1. The molecule has 0 aliphatic rings. The molecule has 0 saturated heterocycles. The van der Waals surface area contributed by atoms with Gasteiger partial charge in [0.05, 0.1) is 6.10 Å². The molecule has 16 heavy (non-hydrogen) atoms. The smallest absolute Gasteiger partial charge is 0.0528 e. The summed E-state index contributed by atoms with van der Waals surface area (Å²) in [6.07, 6.45) is 2.66. The van der Waals surface area contributed by atoms with Crippen LogP contribution in [0.1, 0.15) is 38.3 Å². The summed E-state index contributed by atoms with van der Waals surface area (Å²) in [5.74, 6) is 0. The topological polar surface area (TPSA) is 32.3 Å². The fraction of sp³-hybridized carbons (Fsp3) is 0.571. The van der Waals surface area contributed by atoms with Crippen molar-refractivity contribution in [3.63, 3.8) is 0 Å². The van der Waals surface area contributed by atoms with E-state index in [-0.39, 0.29) is 6.10 Å². The van der Waals surface area contributed by atoms with Gasteiger partial charge in [-0.15, -0.1) is 0 Å². The lowest BCUT2D eigenvalue weighted by Crippen LogP contribution is -2.12. The Kier molecular flexibility index (Phi) is 5.33.